The Hall–Kier alpha value is -1.92. The molecule has 1 aliphatic heterocycles. The summed E-state index contributed by atoms with van der Waals surface area (Å²) in [7, 11) is 1.85. The molecule has 1 fully saturated rings. The maximum Gasteiger partial charge on any atom is 0.265 e. The van der Waals surface area contributed by atoms with E-state index in [0.717, 1.165) is 36.9 Å². The van der Waals surface area contributed by atoms with Gasteiger partial charge in [-0.2, -0.15) is 0 Å². The van der Waals surface area contributed by atoms with Crippen LogP contribution in [0.2, 0.25) is 0 Å². The number of amides is 1. The smallest absolute Gasteiger partial charge is 0.265 e. The minimum Gasteiger partial charge on any atom is -0.346 e. The maximum atomic E-state index is 12.7. The van der Waals surface area contributed by atoms with E-state index in [1.54, 1.807) is 11.1 Å². The van der Waals surface area contributed by atoms with Crippen LogP contribution in [0.3, 0.4) is 0 Å². The third-order valence-electron chi connectivity index (χ3n) is 4.28. The molecule has 1 aromatic heterocycles. The number of thiazole rings is 1. The predicted octanol–water partition coefficient (Wildman–Crippen LogP) is 2.39. The predicted molar refractivity (Wildman–Crippen MR) is 94.1 cm³/mol. The highest BCUT2D eigenvalue weighted by Crippen LogP contribution is 2.26. The summed E-state index contributed by atoms with van der Waals surface area (Å²) in [5, 5.41) is 4.27. The summed E-state index contributed by atoms with van der Waals surface area (Å²) in [6.07, 6.45) is 1.71. The van der Waals surface area contributed by atoms with Gasteiger partial charge in [0.15, 0.2) is 5.13 Å². The van der Waals surface area contributed by atoms with Crippen LogP contribution < -0.4 is 10.2 Å². The molecule has 1 N–H and O–H groups in total. The van der Waals surface area contributed by atoms with Crippen LogP contribution in [-0.4, -0.2) is 49.0 Å². The van der Waals surface area contributed by atoms with Gasteiger partial charge in [0, 0.05) is 33.2 Å². The first-order valence-electron chi connectivity index (χ1n) is 7.90. The van der Waals surface area contributed by atoms with Crippen molar-refractivity contribution in [1.82, 2.24) is 15.2 Å². The molecule has 1 saturated heterocycles. The second kappa shape index (κ2) is 7.10. The summed E-state index contributed by atoms with van der Waals surface area (Å²) >= 11 is 1.48. The quantitative estimate of drug-likeness (QED) is 0.935. The molecule has 2 heterocycles. The van der Waals surface area contributed by atoms with Gasteiger partial charge in [0.05, 0.1) is 12.2 Å². The lowest BCUT2D eigenvalue weighted by molar-refractivity contribution is 0.0747. The molecule has 1 amide bonds. The molecular formula is C17H22N4OS. The maximum absolute atomic E-state index is 12.7. The number of hydrogen-bond donors (Lipinski definition) is 1. The van der Waals surface area contributed by atoms with Crippen molar-refractivity contribution in [2.75, 3.05) is 38.1 Å². The van der Waals surface area contributed by atoms with Crippen molar-refractivity contribution >= 4 is 22.4 Å². The molecule has 0 spiro atoms. The molecule has 5 nitrogen and oxygen atoms in total. The molecule has 1 aliphatic rings. The Morgan fingerprint density at radius 1 is 1.30 bits per heavy atom. The Morgan fingerprint density at radius 2 is 2.00 bits per heavy atom. The minimum absolute atomic E-state index is 0.0280. The normalized spacial score (nSPS) is 16.2. The Labute approximate surface area is 140 Å². The van der Waals surface area contributed by atoms with Crippen LogP contribution in [0.4, 0.5) is 5.13 Å². The number of benzene rings is 1. The third kappa shape index (κ3) is 3.54. The van der Waals surface area contributed by atoms with E-state index in [9.17, 15) is 4.79 Å². The highest BCUT2D eigenvalue weighted by molar-refractivity contribution is 7.17. The number of anilines is 1. The zero-order valence-electron chi connectivity index (χ0n) is 13.5. The van der Waals surface area contributed by atoms with Crippen molar-refractivity contribution in [3.8, 4) is 0 Å². The van der Waals surface area contributed by atoms with Gasteiger partial charge in [-0.05, 0) is 12.5 Å². The average Bonchev–Trinajstić information content (AvgIpc) is 3.11. The number of carbonyl (C=O) groups excluding carboxylic acids is 1. The fourth-order valence-electron chi connectivity index (χ4n) is 2.67. The SMILES string of the molecule is CC(c1ccccc1)N(C)C(=O)c1cnc(N2CCNCC2)s1. The molecule has 2 aromatic rings. The van der Waals surface area contributed by atoms with Crippen LogP contribution >= 0.6 is 11.3 Å². The van der Waals surface area contributed by atoms with Crippen molar-refractivity contribution in [2.45, 2.75) is 13.0 Å². The number of hydrogen-bond acceptors (Lipinski definition) is 5. The van der Waals surface area contributed by atoms with Crippen molar-refractivity contribution in [1.29, 1.82) is 0 Å². The number of piperazine rings is 1. The van der Waals surface area contributed by atoms with Gasteiger partial charge in [-0.25, -0.2) is 4.98 Å². The molecule has 0 radical (unpaired) electrons. The molecule has 122 valence electrons. The monoisotopic (exact) mass is 330 g/mol. The van der Waals surface area contributed by atoms with Gasteiger partial charge < -0.3 is 15.1 Å². The van der Waals surface area contributed by atoms with Gasteiger partial charge in [-0.3, -0.25) is 4.79 Å². The fraction of sp³-hybridized carbons (Fsp3) is 0.412. The third-order valence-corrected chi connectivity index (χ3v) is 5.32. The molecule has 23 heavy (non-hydrogen) atoms. The van der Waals surface area contributed by atoms with Gasteiger partial charge in [0.1, 0.15) is 4.88 Å². The largest absolute Gasteiger partial charge is 0.346 e. The molecular weight excluding hydrogens is 308 g/mol. The Kier molecular flexibility index (Phi) is 4.93. The zero-order chi connectivity index (χ0) is 16.2. The summed E-state index contributed by atoms with van der Waals surface area (Å²) in [6.45, 7) is 5.86. The first kappa shape index (κ1) is 16.0. The summed E-state index contributed by atoms with van der Waals surface area (Å²) in [6, 6.07) is 10.1. The van der Waals surface area contributed by atoms with E-state index < -0.39 is 0 Å². The van der Waals surface area contributed by atoms with Crippen molar-refractivity contribution in [3.05, 3.63) is 47.0 Å². The second-order valence-electron chi connectivity index (χ2n) is 5.75. The number of rotatable bonds is 4. The number of aromatic nitrogens is 1. The first-order valence-corrected chi connectivity index (χ1v) is 8.72. The van der Waals surface area contributed by atoms with E-state index in [2.05, 4.69) is 15.2 Å². The molecule has 3 rings (SSSR count). The van der Waals surface area contributed by atoms with Gasteiger partial charge in [-0.15, -0.1) is 0 Å². The number of nitrogens with zero attached hydrogens (tertiary/aromatic N) is 3. The van der Waals surface area contributed by atoms with E-state index in [-0.39, 0.29) is 11.9 Å². The van der Waals surface area contributed by atoms with Gasteiger partial charge in [0.2, 0.25) is 0 Å². The first-order chi connectivity index (χ1) is 11.2. The van der Waals surface area contributed by atoms with Crippen LogP contribution in [0.25, 0.3) is 0 Å². The lowest BCUT2D eigenvalue weighted by Crippen LogP contribution is -2.43. The van der Waals surface area contributed by atoms with Crippen molar-refractivity contribution in [3.63, 3.8) is 0 Å². The highest BCUT2D eigenvalue weighted by atomic mass is 32.1. The summed E-state index contributed by atoms with van der Waals surface area (Å²) in [5.74, 6) is 0.0280. The Bertz CT molecular complexity index is 652. The molecule has 1 unspecified atom stereocenters. The molecule has 0 saturated carbocycles. The van der Waals surface area contributed by atoms with E-state index in [1.807, 2.05) is 44.3 Å². The van der Waals surface area contributed by atoms with Crippen LogP contribution in [0.1, 0.15) is 28.2 Å². The lowest BCUT2D eigenvalue weighted by atomic mass is 10.1. The molecule has 1 aromatic carbocycles. The van der Waals surface area contributed by atoms with E-state index in [1.165, 1.54) is 11.3 Å². The van der Waals surface area contributed by atoms with Gasteiger partial charge >= 0.3 is 0 Å². The van der Waals surface area contributed by atoms with Crippen molar-refractivity contribution in [2.24, 2.45) is 0 Å². The molecule has 6 heteroatoms. The summed E-state index contributed by atoms with van der Waals surface area (Å²) < 4.78 is 0. The second-order valence-corrected chi connectivity index (χ2v) is 6.76. The summed E-state index contributed by atoms with van der Waals surface area (Å²) in [4.78, 5) is 21.9. The van der Waals surface area contributed by atoms with E-state index in [0.29, 0.717) is 4.88 Å². The van der Waals surface area contributed by atoms with Gasteiger partial charge in [-0.1, -0.05) is 41.7 Å². The summed E-state index contributed by atoms with van der Waals surface area (Å²) in [5.41, 5.74) is 1.13. The van der Waals surface area contributed by atoms with Crippen LogP contribution in [-0.2, 0) is 0 Å². The van der Waals surface area contributed by atoms with E-state index in [4.69, 9.17) is 0 Å². The molecule has 0 bridgehead atoms. The van der Waals surface area contributed by atoms with Crippen LogP contribution in [0, 0.1) is 0 Å². The number of carbonyl (C=O) groups is 1. The average molecular weight is 330 g/mol. The van der Waals surface area contributed by atoms with Gasteiger partial charge in [0.25, 0.3) is 5.91 Å². The lowest BCUT2D eigenvalue weighted by Gasteiger charge is -2.27. The van der Waals surface area contributed by atoms with Crippen LogP contribution in [0.15, 0.2) is 36.5 Å². The van der Waals surface area contributed by atoms with E-state index >= 15 is 0 Å². The fourth-order valence-corrected chi connectivity index (χ4v) is 3.62. The molecule has 0 aliphatic carbocycles. The highest BCUT2D eigenvalue weighted by Gasteiger charge is 2.22. The van der Waals surface area contributed by atoms with Crippen LogP contribution in [0.5, 0.6) is 0 Å². The van der Waals surface area contributed by atoms with Crippen molar-refractivity contribution < 1.29 is 4.79 Å². The standard InChI is InChI=1S/C17H22N4OS/c1-13(14-6-4-3-5-7-14)20(2)16(22)15-12-19-17(23-15)21-10-8-18-9-11-21/h3-7,12-13,18H,8-11H2,1-2H3. The topological polar surface area (TPSA) is 48.5 Å². The Morgan fingerprint density at radius 3 is 2.70 bits per heavy atom. The minimum atomic E-state index is 0.0280. The molecule has 1 atom stereocenters. The Balaban J connectivity index is 1.71. The number of nitrogens with one attached hydrogen (secondary N) is 1. The zero-order valence-corrected chi connectivity index (χ0v) is 14.3.